The molecule has 0 atom stereocenters. The van der Waals surface area contributed by atoms with E-state index in [1.165, 1.54) is 11.8 Å². The Labute approximate surface area is 207 Å². The van der Waals surface area contributed by atoms with Gasteiger partial charge in [0.1, 0.15) is 0 Å². The largest absolute Gasteiger partial charge is 0.490 e. The van der Waals surface area contributed by atoms with Crippen molar-refractivity contribution in [2.45, 2.75) is 25.4 Å². The van der Waals surface area contributed by atoms with Crippen LogP contribution in [0.5, 0.6) is 11.5 Å². The van der Waals surface area contributed by atoms with Crippen LogP contribution < -0.4 is 20.3 Å². The first-order valence-corrected chi connectivity index (χ1v) is 12.4. The van der Waals surface area contributed by atoms with E-state index in [1.807, 2.05) is 50.2 Å². The first-order valence-electron chi connectivity index (χ1n) is 11.4. The number of rotatable bonds is 5. The fourth-order valence-electron chi connectivity index (χ4n) is 3.95. The molecule has 5 rings (SSSR count). The van der Waals surface area contributed by atoms with Gasteiger partial charge in [-0.15, -0.1) is 0 Å². The highest BCUT2D eigenvalue weighted by Crippen LogP contribution is 2.32. The number of anilines is 1. The number of nitrogens with one attached hydrogen (secondary N) is 1. The molecule has 0 saturated heterocycles. The fourth-order valence-corrected chi connectivity index (χ4v) is 4.76. The minimum Gasteiger partial charge on any atom is -0.490 e. The Bertz CT molecular complexity index is 1480. The van der Waals surface area contributed by atoms with Gasteiger partial charge < -0.3 is 14.8 Å². The lowest BCUT2D eigenvalue weighted by atomic mass is 10.1. The fraction of sp³-hybridized carbons (Fsp3) is 0.222. The van der Waals surface area contributed by atoms with Gasteiger partial charge in [0, 0.05) is 18.2 Å². The van der Waals surface area contributed by atoms with E-state index in [9.17, 15) is 9.59 Å². The Morgan fingerprint density at radius 2 is 1.83 bits per heavy atom. The summed E-state index contributed by atoms with van der Waals surface area (Å²) >= 11 is 1.23. The number of ether oxygens (including phenoxy) is 2. The lowest BCUT2D eigenvalue weighted by Crippen LogP contribution is -2.23. The molecule has 1 amide bonds. The van der Waals surface area contributed by atoms with Gasteiger partial charge in [-0.2, -0.15) is 0 Å². The van der Waals surface area contributed by atoms with Gasteiger partial charge in [-0.25, -0.2) is 4.98 Å². The summed E-state index contributed by atoms with van der Waals surface area (Å²) in [5, 5.41) is 3.91. The van der Waals surface area contributed by atoms with Crippen molar-refractivity contribution < 1.29 is 14.3 Å². The molecule has 178 valence electrons. The second-order valence-electron chi connectivity index (χ2n) is 8.39. The van der Waals surface area contributed by atoms with Gasteiger partial charge in [0.05, 0.1) is 35.6 Å². The maximum absolute atomic E-state index is 13.5. The van der Waals surface area contributed by atoms with E-state index in [2.05, 4.69) is 5.32 Å². The number of aromatic nitrogens is 2. The van der Waals surface area contributed by atoms with Crippen LogP contribution in [0.1, 0.15) is 17.5 Å². The standard InChI is InChI=1S/C27H25N3O4S/c1-17-8-9-18(2)22(14-17)30-26(32)20-6-3-4-7-21(20)29-27(30)35-16-25(31)28-19-10-11-23-24(15-19)34-13-5-12-33-23/h3-4,6-11,14-15H,5,12-13,16H2,1-2H3,(H,28,31). The zero-order valence-electron chi connectivity index (χ0n) is 19.5. The molecule has 0 aliphatic carbocycles. The number of carbonyl (C=O) groups is 1. The molecular weight excluding hydrogens is 462 g/mol. The Kier molecular flexibility index (Phi) is 6.46. The Hall–Kier alpha value is -3.78. The molecule has 0 radical (unpaired) electrons. The van der Waals surface area contributed by atoms with Crippen molar-refractivity contribution in [3.05, 3.63) is 82.1 Å². The van der Waals surface area contributed by atoms with Crippen molar-refractivity contribution in [2.75, 3.05) is 24.3 Å². The monoisotopic (exact) mass is 487 g/mol. The van der Waals surface area contributed by atoms with Gasteiger partial charge in [0.25, 0.3) is 5.56 Å². The summed E-state index contributed by atoms with van der Waals surface area (Å²) in [6.45, 7) is 5.12. The van der Waals surface area contributed by atoms with Crippen LogP contribution in [-0.4, -0.2) is 34.4 Å². The second kappa shape index (κ2) is 9.84. The predicted molar refractivity (Wildman–Crippen MR) is 138 cm³/mol. The SMILES string of the molecule is Cc1ccc(C)c(-n2c(SCC(=O)Nc3ccc4c(c3)OCCCO4)nc3ccccc3c2=O)c1. The molecule has 7 nitrogen and oxygen atoms in total. The van der Waals surface area contributed by atoms with Crippen LogP contribution in [0.3, 0.4) is 0 Å². The summed E-state index contributed by atoms with van der Waals surface area (Å²) in [6, 6.07) is 18.6. The highest BCUT2D eigenvalue weighted by atomic mass is 32.2. The van der Waals surface area contributed by atoms with Crippen molar-refractivity contribution in [3.8, 4) is 17.2 Å². The number of thioether (sulfide) groups is 1. The number of hydrogen-bond acceptors (Lipinski definition) is 6. The minimum atomic E-state index is -0.209. The first kappa shape index (κ1) is 23.0. The summed E-state index contributed by atoms with van der Waals surface area (Å²) in [7, 11) is 0. The molecule has 8 heteroatoms. The predicted octanol–water partition coefficient (Wildman–Crippen LogP) is 4.89. The summed E-state index contributed by atoms with van der Waals surface area (Å²) in [5.41, 5.74) is 3.82. The third kappa shape index (κ3) is 4.88. The number of para-hydroxylation sites is 1. The van der Waals surface area contributed by atoms with E-state index >= 15 is 0 Å². The molecule has 0 saturated carbocycles. The molecule has 3 aromatic carbocycles. The van der Waals surface area contributed by atoms with E-state index in [1.54, 1.807) is 28.8 Å². The number of fused-ring (bicyclic) bond motifs is 2. The topological polar surface area (TPSA) is 82.5 Å². The molecule has 0 bridgehead atoms. The van der Waals surface area contributed by atoms with E-state index in [4.69, 9.17) is 14.5 Å². The molecule has 1 aliphatic rings. The van der Waals surface area contributed by atoms with Gasteiger partial charge in [-0.05, 0) is 55.3 Å². The first-order chi connectivity index (χ1) is 17.0. The van der Waals surface area contributed by atoms with Gasteiger partial charge in [0.2, 0.25) is 5.91 Å². The van der Waals surface area contributed by atoms with Crippen molar-refractivity contribution in [1.29, 1.82) is 0 Å². The van der Waals surface area contributed by atoms with Crippen LogP contribution in [0, 0.1) is 13.8 Å². The number of benzene rings is 3. The van der Waals surface area contributed by atoms with Crippen molar-refractivity contribution in [2.24, 2.45) is 0 Å². The van der Waals surface area contributed by atoms with Crippen molar-refractivity contribution >= 4 is 34.3 Å². The van der Waals surface area contributed by atoms with E-state index in [0.29, 0.717) is 46.5 Å². The number of hydrogen-bond donors (Lipinski definition) is 1. The van der Waals surface area contributed by atoms with E-state index < -0.39 is 0 Å². The third-order valence-corrected chi connectivity index (χ3v) is 6.65. The van der Waals surface area contributed by atoms with Crippen LogP contribution in [-0.2, 0) is 4.79 Å². The number of aryl methyl sites for hydroxylation is 2. The Morgan fingerprint density at radius 3 is 2.69 bits per heavy atom. The lowest BCUT2D eigenvalue weighted by molar-refractivity contribution is -0.113. The summed E-state index contributed by atoms with van der Waals surface area (Å²) in [4.78, 5) is 31.1. The molecule has 35 heavy (non-hydrogen) atoms. The van der Waals surface area contributed by atoms with Gasteiger partial charge >= 0.3 is 0 Å². The van der Waals surface area contributed by atoms with Gasteiger partial charge in [0.15, 0.2) is 16.7 Å². The van der Waals surface area contributed by atoms with Gasteiger partial charge in [-0.1, -0.05) is 36.0 Å². The molecule has 1 aliphatic heterocycles. The summed E-state index contributed by atoms with van der Waals surface area (Å²) in [5.74, 6) is 1.17. The molecule has 1 aromatic heterocycles. The quantitative estimate of drug-likeness (QED) is 0.319. The van der Waals surface area contributed by atoms with Crippen LogP contribution >= 0.6 is 11.8 Å². The number of amides is 1. The molecule has 0 spiro atoms. The Morgan fingerprint density at radius 1 is 1.03 bits per heavy atom. The van der Waals surface area contributed by atoms with Crippen LogP contribution in [0.15, 0.2) is 70.6 Å². The average Bonchev–Trinajstić information content (AvgIpc) is 3.10. The van der Waals surface area contributed by atoms with Crippen molar-refractivity contribution in [1.82, 2.24) is 9.55 Å². The smallest absolute Gasteiger partial charge is 0.266 e. The van der Waals surface area contributed by atoms with Crippen molar-refractivity contribution in [3.63, 3.8) is 0 Å². The zero-order chi connectivity index (χ0) is 24.4. The average molecular weight is 488 g/mol. The van der Waals surface area contributed by atoms with E-state index in [-0.39, 0.29) is 17.2 Å². The van der Waals surface area contributed by atoms with E-state index in [0.717, 1.165) is 23.2 Å². The molecule has 2 heterocycles. The molecular formula is C27H25N3O4S. The second-order valence-corrected chi connectivity index (χ2v) is 9.33. The molecule has 4 aromatic rings. The van der Waals surface area contributed by atoms with Crippen LogP contribution in [0.4, 0.5) is 5.69 Å². The van der Waals surface area contributed by atoms with Gasteiger partial charge in [-0.3, -0.25) is 14.2 Å². The summed E-state index contributed by atoms with van der Waals surface area (Å²) < 4.78 is 13.0. The van der Waals surface area contributed by atoms with Crippen LogP contribution in [0.2, 0.25) is 0 Å². The minimum absolute atomic E-state index is 0.0874. The lowest BCUT2D eigenvalue weighted by Gasteiger charge is -2.16. The summed E-state index contributed by atoms with van der Waals surface area (Å²) in [6.07, 6.45) is 0.813. The van der Waals surface area contributed by atoms with Crippen LogP contribution in [0.25, 0.3) is 16.6 Å². The maximum atomic E-state index is 13.5. The highest BCUT2D eigenvalue weighted by molar-refractivity contribution is 7.99. The molecule has 0 fully saturated rings. The Balaban J connectivity index is 1.43. The number of carbonyl (C=O) groups excluding carboxylic acids is 1. The highest BCUT2D eigenvalue weighted by Gasteiger charge is 2.17. The molecule has 1 N–H and O–H groups in total. The molecule has 0 unspecified atom stereocenters. The zero-order valence-corrected chi connectivity index (χ0v) is 20.4. The number of nitrogens with zero attached hydrogens (tertiary/aromatic N) is 2. The normalized spacial score (nSPS) is 12.9. The maximum Gasteiger partial charge on any atom is 0.266 e. The third-order valence-electron chi connectivity index (χ3n) is 5.71.